The lowest BCUT2D eigenvalue weighted by Crippen LogP contribution is -2.14. The first-order valence-corrected chi connectivity index (χ1v) is 7.12. The summed E-state index contributed by atoms with van der Waals surface area (Å²) in [4.78, 5) is 12.4. The molecule has 0 saturated heterocycles. The van der Waals surface area contributed by atoms with Crippen molar-refractivity contribution in [2.45, 2.75) is 13.3 Å². The Morgan fingerprint density at radius 2 is 2.00 bits per heavy atom. The highest BCUT2D eigenvalue weighted by Gasteiger charge is 2.17. The minimum atomic E-state index is -0.197. The fraction of sp³-hybridized carbons (Fsp3) is 0.188. The SMILES string of the molecule is CCc1c(C(=O)Nc2ccn(C)n2)cnn1-c1ccccc1. The minimum Gasteiger partial charge on any atom is -0.305 e. The summed E-state index contributed by atoms with van der Waals surface area (Å²) in [5.41, 5.74) is 2.38. The quantitative estimate of drug-likeness (QED) is 0.804. The standard InChI is InChI=1S/C16H17N5O/c1-3-14-13(16(22)18-15-9-10-20(2)19-15)11-17-21(14)12-7-5-4-6-8-12/h4-11H,3H2,1-2H3,(H,18,19,22). The molecule has 6 nitrogen and oxygen atoms in total. The van der Waals surface area contributed by atoms with Crippen molar-refractivity contribution in [3.05, 3.63) is 60.0 Å². The molecule has 3 aromatic rings. The lowest BCUT2D eigenvalue weighted by Gasteiger charge is -2.07. The Hall–Kier alpha value is -2.89. The van der Waals surface area contributed by atoms with E-state index in [4.69, 9.17) is 0 Å². The molecule has 112 valence electrons. The number of carbonyl (C=O) groups is 1. The molecule has 1 aromatic carbocycles. The summed E-state index contributed by atoms with van der Waals surface area (Å²) in [5.74, 6) is 0.333. The van der Waals surface area contributed by atoms with E-state index in [1.165, 1.54) is 0 Å². The maximum atomic E-state index is 12.4. The largest absolute Gasteiger partial charge is 0.305 e. The van der Waals surface area contributed by atoms with Gasteiger partial charge in [-0.05, 0) is 18.6 Å². The first-order valence-electron chi connectivity index (χ1n) is 7.12. The van der Waals surface area contributed by atoms with Gasteiger partial charge in [0, 0.05) is 19.3 Å². The Kier molecular flexibility index (Phi) is 3.74. The van der Waals surface area contributed by atoms with Gasteiger partial charge in [-0.2, -0.15) is 10.2 Å². The van der Waals surface area contributed by atoms with Crippen LogP contribution in [0.1, 0.15) is 23.0 Å². The van der Waals surface area contributed by atoms with Crippen LogP contribution in [0.15, 0.2) is 48.8 Å². The van der Waals surface area contributed by atoms with Crippen LogP contribution in [0, 0.1) is 0 Å². The van der Waals surface area contributed by atoms with E-state index in [9.17, 15) is 4.79 Å². The molecule has 0 unspecified atom stereocenters. The average Bonchev–Trinajstić information content (AvgIpc) is 3.14. The highest BCUT2D eigenvalue weighted by molar-refractivity contribution is 6.04. The van der Waals surface area contributed by atoms with Gasteiger partial charge in [0.2, 0.25) is 0 Å². The number of rotatable bonds is 4. The smallest absolute Gasteiger partial charge is 0.260 e. The summed E-state index contributed by atoms with van der Waals surface area (Å²) in [7, 11) is 1.81. The van der Waals surface area contributed by atoms with Crippen molar-refractivity contribution >= 4 is 11.7 Å². The second kappa shape index (κ2) is 5.85. The molecule has 0 spiro atoms. The third kappa shape index (κ3) is 2.63. The third-order valence-electron chi connectivity index (χ3n) is 3.40. The van der Waals surface area contributed by atoms with E-state index in [1.54, 1.807) is 34.9 Å². The van der Waals surface area contributed by atoms with Crippen molar-refractivity contribution in [3.8, 4) is 5.69 Å². The molecule has 2 heterocycles. The molecule has 0 aliphatic heterocycles. The first kappa shape index (κ1) is 14.1. The van der Waals surface area contributed by atoms with E-state index in [0.29, 0.717) is 17.8 Å². The molecule has 2 aromatic heterocycles. The number of para-hydroxylation sites is 1. The predicted molar refractivity (Wildman–Crippen MR) is 84.1 cm³/mol. The number of nitrogens with one attached hydrogen (secondary N) is 1. The van der Waals surface area contributed by atoms with Crippen LogP contribution in [-0.2, 0) is 13.5 Å². The first-order chi connectivity index (χ1) is 10.7. The Bertz CT molecular complexity index is 788. The summed E-state index contributed by atoms with van der Waals surface area (Å²) >= 11 is 0. The van der Waals surface area contributed by atoms with Crippen molar-refractivity contribution in [3.63, 3.8) is 0 Å². The minimum absolute atomic E-state index is 0.197. The topological polar surface area (TPSA) is 64.7 Å². The number of benzene rings is 1. The Morgan fingerprint density at radius 3 is 2.64 bits per heavy atom. The number of aryl methyl sites for hydroxylation is 1. The van der Waals surface area contributed by atoms with Gasteiger partial charge in [-0.3, -0.25) is 9.48 Å². The number of hydrogen-bond acceptors (Lipinski definition) is 3. The predicted octanol–water partition coefficient (Wildman–Crippen LogP) is 2.42. The van der Waals surface area contributed by atoms with Gasteiger partial charge in [0.15, 0.2) is 5.82 Å². The fourth-order valence-electron chi connectivity index (χ4n) is 2.36. The average molecular weight is 295 g/mol. The van der Waals surface area contributed by atoms with Gasteiger partial charge in [0.1, 0.15) is 0 Å². The van der Waals surface area contributed by atoms with Crippen LogP contribution in [0.5, 0.6) is 0 Å². The van der Waals surface area contributed by atoms with Gasteiger partial charge >= 0.3 is 0 Å². The molecule has 1 N–H and O–H groups in total. The summed E-state index contributed by atoms with van der Waals surface area (Å²) in [6.07, 6.45) is 4.09. The number of nitrogens with zero attached hydrogens (tertiary/aromatic N) is 4. The molecule has 0 bridgehead atoms. The fourth-order valence-corrected chi connectivity index (χ4v) is 2.36. The summed E-state index contributed by atoms with van der Waals surface area (Å²) in [6, 6.07) is 11.5. The maximum Gasteiger partial charge on any atom is 0.260 e. The molecule has 0 saturated carbocycles. The van der Waals surface area contributed by atoms with Crippen molar-refractivity contribution in [1.82, 2.24) is 19.6 Å². The van der Waals surface area contributed by atoms with Gasteiger partial charge in [-0.15, -0.1) is 0 Å². The Balaban J connectivity index is 1.91. The zero-order valence-corrected chi connectivity index (χ0v) is 12.5. The van der Waals surface area contributed by atoms with Crippen LogP contribution in [0.3, 0.4) is 0 Å². The number of amides is 1. The Morgan fingerprint density at radius 1 is 1.23 bits per heavy atom. The lowest BCUT2D eigenvalue weighted by molar-refractivity contribution is 0.102. The van der Waals surface area contributed by atoms with E-state index in [0.717, 1.165) is 11.4 Å². The number of aromatic nitrogens is 4. The molecule has 22 heavy (non-hydrogen) atoms. The van der Waals surface area contributed by atoms with Crippen molar-refractivity contribution < 1.29 is 4.79 Å². The van der Waals surface area contributed by atoms with E-state index >= 15 is 0 Å². The van der Waals surface area contributed by atoms with Crippen molar-refractivity contribution in [2.75, 3.05) is 5.32 Å². The second-order valence-electron chi connectivity index (χ2n) is 4.93. The number of carbonyl (C=O) groups excluding carboxylic acids is 1. The zero-order chi connectivity index (χ0) is 15.5. The van der Waals surface area contributed by atoms with Crippen LogP contribution in [0.4, 0.5) is 5.82 Å². The van der Waals surface area contributed by atoms with Gasteiger partial charge in [-0.1, -0.05) is 25.1 Å². The number of anilines is 1. The number of hydrogen-bond donors (Lipinski definition) is 1. The monoisotopic (exact) mass is 295 g/mol. The van der Waals surface area contributed by atoms with Crippen LogP contribution in [0.2, 0.25) is 0 Å². The van der Waals surface area contributed by atoms with E-state index < -0.39 is 0 Å². The molecule has 0 aliphatic rings. The molecule has 1 amide bonds. The van der Waals surface area contributed by atoms with Gasteiger partial charge < -0.3 is 5.32 Å². The van der Waals surface area contributed by atoms with E-state index in [2.05, 4.69) is 15.5 Å². The van der Waals surface area contributed by atoms with Gasteiger partial charge in [-0.25, -0.2) is 4.68 Å². The van der Waals surface area contributed by atoms with Gasteiger partial charge in [0.25, 0.3) is 5.91 Å². The van der Waals surface area contributed by atoms with Crippen molar-refractivity contribution in [2.24, 2.45) is 7.05 Å². The summed E-state index contributed by atoms with van der Waals surface area (Å²) in [5, 5.41) is 11.3. The zero-order valence-electron chi connectivity index (χ0n) is 12.5. The van der Waals surface area contributed by atoms with Gasteiger partial charge in [0.05, 0.1) is 23.1 Å². The molecule has 3 rings (SSSR count). The molecule has 0 fully saturated rings. The van der Waals surface area contributed by atoms with Crippen LogP contribution >= 0.6 is 0 Å². The van der Waals surface area contributed by atoms with E-state index in [-0.39, 0.29) is 5.91 Å². The van der Waals surface area contributed by atoms with Crippen LogP contribution < -0.4 is 5.32 Å². The molecule has 0 aliphatic carbocycles. The highest BCUT2D eigenvalue weighted by atomic mass is 16.1. The molecular weight excluding hydrogens is 278 g/mol. The third-order valence-corrected chi connectivity index (χ3v) is 3.40. The molecular formula is C16H17N5O. The lowest BCUT2D eigenvalue weighted by atomic mass is 10.2. The van der Waals surface area contributed by atoms with E-state index in [1.807, 2.05) is 37.3 Å². The molecule has 6 heteroatoms. The molecule has 0 atom stereocenters. The van der Waals surface area contributed by atoms with Crippen LogP contribution in [-0.4, -0.2) is 25.5 Å². The second-order valence-corrected chi connectivity index (χ2v) is 4.93. The highest BCUT2D eigenvalue weighted by Crippen LogP contribution is 2.17. The maximum absolute atomic E-state index is 12.4. The van der Waals surface area contributed by atoms with Crippen LogP contribution in [0.25, 0.3) is 5.69 Å². The summed E-state index contributed by atoms with van der Waals surface area (Å²) in [6.45, 7) is 2.01. The molecule has 0 radical (unpaired) electrons. The van der Waals surface area contributed by atoms with Crippen molar-refractivity contribution in [1.29, 1.82) is 0 Å². The summed E-state index contributed by atoms with van der Waals surface area (Å²) < 4.78 is 3.44. The normalized spacial score (nSPS) is 10.6. The Labute approximate surface area is 128 Å².